The summed E-state index contributed by atoms with van der Waals surface area (Å²) >= 11 is 7.70. The van der Waals surface area contributed by atoms with Crippen molar-refractivity contribution in [3.05, 3.63) is 64.7 Å². The highest BCUT2D eigenvalue weighted by Gasteiger charge is 2.10. The summed E-state index contributed by atoms with van der Waals surface area (Å²) in [5.74, 6) is 0. The lowest BCUT2D eigenvalue weighted by molar-refractivity contribution is 0.170. The van der Waals surface area contributed by atoms with E-state index in [4.69, 9.17) is 11.6 Å². The number of aliphatic hydroxyl groups is 1. The Morgan fingerprint density at radius 1 is 1.18 bits per heavy atom. The summed E-state index contributed by atoms with van der Waals surface area (Å²) in [6.45, 7) is 2.65. The number of aliphatic hydroxyl groups excluding tert-OH is 1. The van der Waals surface area contributed by atoms with Gasteiger partial charge in [-0.15, -0.1) is 11.8 Å². The molecule has 4 heteroatoms. The molecule has 2 atom stereocenters. The van der Waals surface area contributed by atoms with E-state index in [0.717, 1.165) is 12.0 Å². The van der Waals surface area contributed by atoms with Crippen LogP contribution in [-0.2, 0) is 6.42 Å². The minimum absolute atomic E-state index is 0.300. The molecule has 0 spiro atoms. The van der Waals surface area contributed by atoms with Gasteiger partial charge in [0.25, 0.3) is 0 Å². The van der Waals surface area contributed by atoms with Crippen LogP contribution >= 0.6 is 23.4 Å². The number of hydrogen-bond acceptors (Lipinski definition) is 3. The maximum Gasteiger partial charge on any atom is 0.0914 e. The van der Waals surface area contributed by atoms with Gasteiger partial charge in [-0.05, 0) is 55.0 Å². The van der Waals surface area contributed by atoms with E-state index in [9.17, 15) is 5.11 Å². The lowest BCUT2D eigenvalue weighted by atomic mass is 10.1. The van der Waals surface area contributed by atoms with Crippen LogP contribution in [-0.4, -0.2) is 23.9 Å². The van der Waals surface area contributed by atoms with Gasteiger partial charge in [-0.2, -0.15) is 0 Å². The number of halogens is 1. The van der Waals surface area contributed by atoms with Crippen molar-refractivity contribution in [2.75, 3.05) is 12.8 Å². The molecule has 0 fully saturated rings. The van der Waals surface area contributed by atoms with E-state index < -0.39 is 6.10 Å². The van der Waals surface area contributed by atoms with Crippen LogP contribution in [0.25, 0.3) is 0 Å². The molecule has 0 bridgehead atoms. The zero-order valence-electron chi connectivity index (χ0n) is 12.9. The maximum atomic E-state index is 10.2. The van der Waals surface area contributed by atoms with Gasteiger partial charge in [0.15, 0.2) is 0 Å². The fourth-order valence-corrected chi connectivity index (χ4v) is 2.94. The second kappa shape index (κ2) is 8.59. The third-order valence-corrected chi connectivity index (χ3v) is 4.57. The molecule has 2 aromatic carbocycles. The molecule has 0 amide bonds. The van der Waals surface area contributed by atoms with E-state index in [1.807, 2.05) is 18.2 Å². The molecule has 118 valence electrons. The van der Waals surface area contributed by atoms with Crippen LogP contribution in [0.15, 0.2) is 53.4 Å². The molecule has 2 N–H and O–H groups in total. The molecule has 0 aliphatic carbocycles. The van der Waals surface area contributed by atoms with Crippen molar-refractivity contribution >= 4 is 23.4 Å². The number of thioether (sulfide) groups is 1. The van der Waals surface area contributed by atoms with Gasteiger partial charge in [0, 0.05) is 22.5 Å². The van der Waals surface area contributed by atoms with Gasteiger partial charge in [0.1, 0.15) is 0 Å². The average molecular weight is 336 g/mol. The number of rotatable bonds is 7. The molecular formula is C18H22ClNOS. The standard InChI is InChI=1S/C18H22ClNOS/c1-13(10-14-6-8-17(22-2)9-7-14)20-12-18(21)15-4-3-5-16(19)11-15/h3-9,11,13,18,20-21H,10,12H2,1-2H3/t13-,18+/m1/s1. The number of hydrogen-bond donors (Lipinski definition) is 2. The maximum absolute atomic E-state index is 10.2. The highest BCUT2D eigenvalue weighted by Crippen LogP contribution is 2.18. The SMILES string of the molecule is CSc1ccc(C[C@@H](C)NC[C@H](O)c2cccc(Cl)c2)cc1. The van der Waals surface area contributed by atoms with Crippen molar-refractivity contribution in [1.82, 2.24) is 5.32 Å². The van der Waals surface area contributed by atoms with Gasteiger partial charge >= 0.3 is 0 Å². The van der Waals surface area contributed by atoms with E-state index in [1.54, 1.807) is 17.8 Å². The first-order chi connectivity index (χ1) is 10.6. The molecule has 0 saturated heterocycles. The lowest BCUT2D eigenvalue weighted by Crippen LogP contribution is -2.32. The van der Waals surface area contributed by atoms with E-state index in [0.29, 0.717) is 17.6 Å². The minimum atomic E-state index is -0.542. The summed E-state index contributed by atoms with van der Waals surface area (Å²) < 4.78 is 0. The van der Waals surface area contributed by atoms with Gasteiger partial charge in [-0.25, -0.2) is 0 Å². The Balaban J connectivity index is 1.82. The second-order valence-electron chi connectivity index (χ2n) is 5.43. The first-order valence-corrected chi connectivity index (χ1v) is 8.98. The largest absolute Gasteiger partial charge is 0.387 e. The van der Waals surface area contributed by atoms with Crippen LogP contribution in [0.1, 0.15) is 24.2 Å². The van der Waals surface area contributed by atoms with Gasteiger partial charge < -0.3 is 10.4 Å². The highest BCUT2D eigenvalue weighted by atomic mass is 35.5. The molecule has 2 rings (SSSR count). The monoisotopic (exact) mass is 335 g/mol. The predicted octanol–water partition coefficient (Wildman–Crippen LogP) is 4.32. The van der Waals surface area contributed by atoms with E-state index in [2.05, 4.69) is 42.8 Å². The van der Waals surface area contributed by atoms with Crippen molar-refractivity contribution in [3.63, 3.8) is 0 Å². The van der Waals surface area contributed by atoms with Crippen LogP contribution in [0.4, 0.5) is 0 Å². The molecule has 0 aromatic heterocycles. The second-order valence-corrected chi connectivity index (χ2v) is 6.75. The van der Waals surface area contributed by atoms with Crippen LogP contribution < -0.4 is 5.32 Å². The van der Waals surface area contributed by atoms with Crippen molar-refractivity contribution in [2.24, 2.45) is 0 Å². The Morgan fingerprint density at radius 2 is 1.91 bits per heavy atom. The Kier molecular flexibility index (Phi) is 6.77. The molecule has 2 nitrogen and oxygen atoms in total. The Morgan fingerprint density at radius 3 is 2.55 bits per heavy atom. The molecule has 0 aliphatic rings. The minimum Gasteiger partial charge on any atom is -0.387 e. The number of nitrogens with one attached hydrogen (secondary N) is 1. The Bertz CT molecular complexity index is 588. The topological polar surface area (TPSA) is 32.3 Å². The molecule has 0 unspecified atom stereocenters. The molecular weight excluding hydrogens is 314 g/mol. The van der Waals surface area contributed by atoms with Crippen molar-refractivity contribution in [1.29, 1.82) is 0 Å². The number of benzene rings is 2. The van der Waals surface area contributed by atoms with Gasteiger partial charge in [0.2, 0.25) is 0 Å². The van der Waals surface area contributed by atoms with Crippen molar-refractivity contribution in [3.8, 4) is 0 Å². The smallest absolute Gasteiger partial charge is 0.0914 e. The summed E-state index contributed by atoms with van der Waals surface area (Å²) in [5.41, 5.74) is 2.14. The molecule has 0 aliphatic heterocycles. The summed E-state index contributed by atoms with van der Waals surface area (Å²) in [5, 5.41) is 14.2. The fourth-order valence-electron chi connectivity index (χ4n) is 2.33. The fraction of sp³-hybridized carbons (Fsp3) is 0.333. The summed E-state index contributed by atoms with van der Waals surface area (Å²) in [4.78, 5) is 1.28. The lowest BCUT2D eigenvalue weighted by Gasteiger charge is -2.18. The zero-order chi connectivity index (χ0) is 15.9. The van der Waals surface area contributed by atoms with E-state index in [1.165, 1.54) is 10.5 Å². The molecule has 0 radical (unpaired) electrons. The van der Waals surface area contributed by atoms with Crippen LogP contribution in [0, 0.1) is 0 Å². The van der Waals surface area contributed by atoms with E-state index >= 15 is 0 Å². The molecule has 2 aromatic rings. The quantitative estimate of drug-likeness (QED) is 0.739. The normalized spacial score (nSPS) is 13.8. The van der Waals surface area contributed by atoms with E-state index in [-0.39, 0.29) is 0 Å². The first-order valence-electron chi connectivity index (χ1n) is 7.38. The molecule has 0 saturated carbocycles. The average Bonchev–Trinajstić information content (AvgIpc) is 2.53. The third kappa shape index (κ3) is 5.33. The highest BCUT2D eigenvalue weighted by molar-refractivity contribution is 7.98. The van der Waals surface area contributed by atoms with Crippen molar-refractivity contribution in [2.45, 2.75) is 30.4 Å². The summed E-state index contributed by atoms with van der Waals surface area (Å²) in [7, 11) is 0. The Labute approximate surface area is 141 Å². The van der Waals surface area contributed by atoms with Crippen LogP contribution in [0.5, 0.6) is 0 Å². The van der Waals surface area contributed by atoms with Crippen molar-refractivity contribution < 1.29 is 5.11 Å². The predicted molar refractivity (Wildman–Crippen MR) is 95.8 cm³/mol. The summed E-state index contributed by atoms with van der Waals surface area (Å²) in [6.07, 6.45) is 2.48. The first kappa shape index (κ1) is 17.4. The zero-order valence-corrected chi connectivity index (χ0v) is 14.5. The van der Waals surface area contributed by atoms with Gasteiger partial charge in [0.05, 0.1) is 6.10 Å². The molecule has 0 heterocycles. The van der Waals surface area contributed by atoms with Crippen LogP contribution in [0.2, 0.25) is 5.02 Å². The third-order valence-electron chi connectivity index (χ3n) is 3.59. The van der Waals surface area contributed by atoms with Gasteiger partial charge in [-0.3, -0.25) is 0 Å². The van der Waals surface area contributed by atoms with Gasteiger partial charge in [-0.1, -0.05) is 35.9 Å². The molecule has 22 heavy (non-hydrogen) atoms. The van der Waals surface area contributed by atoms with Crippen LogP contribution in [0.3, 0.4) is 0 Å². The Hall–Kier alpha value is -1.00. The summed E-state index contributed by atoms with van der Waals surface area (Å²) in [6, 6.07) is 16.3.